The zero-order valence-electron chi connectivity index (χ0n) is 13.2. The third-order valence-corrected chi connectivity index (χ3v) is 4.78. The van der Waals surface area contributed by atoms with Gasteiger partial charge in [-0.1, -0.05) is 12.1 Å². The first-order chi connectivity index (χ1) is 11.2. The van der Waals surface area contributed by atoms with Crippen molar-refractivity contribution < 1.29 is 14.6 Å². The van der Waals surface area contributed by atoms with E-state index in [1.54, 1.807) is 17.0 Å². The SMILES string of the molecule is COc1c(O)cccc1[C@@H]1CN[C@H](C(=O)N2CCC[C@H]2C#N)C1. The van der Waals surface area contributed by atoms with E-state index in [2.05, 4.69) is 11.4 Å². The van der Waals surface area contributed by atoms with Gasteiger partial charge in [0.15, 0.2) is 11.5 Å². The highest BCUT2D eigenvalue weighted by Crippen LogP contribution is 2.38. The number of nitrogens with one attached hydrogen (secondary N) is 1. The largest absolute Gasteiger partial charge is 0.504 e. The second-order valence-electron chi connectivity index (χ2n) is 6.11. The average Bonchev–Trinajstić information content (AvgIpc) is 3.23. The number of likely N-dealkylation sites (tertiary alicyclic amines) is 1. The summed E-state index contributed by atoms with van der Waals surface area (Å²) in [7, 11) is 1.53. The lowest BCUT2D eigenvalue weighted by Gasteiger charge is -2.23. The number of nitrogens with zero attached hydrogens (tertiary/aromatic N) is 2. The van der Waals surface area contributed by atoms with E-state index in [0.717, 1.165) is 18.4 Å². The predicted octanol–water partition coefficient (Wildman–Crippen LogP) is 1.36. The molecule has 1 amide bonds. The van der Waals surface area contributed by atoms with Crippen molar-refractivity contribution in [1.82, 2.24) is 10.2 Å². The number of amides is 1. The van der Waals surface area contributed by atoms with Crippen LogP contribution in [0.25, 0.3) is 0 Å². The summed E-state index contributed by atoms with van der Waals surface area (Å²) in [4.78, 5) is 14.3. The summed E-state index contributed by atoms with van der Waals surface area (Å²) >= 11 is 0. The zero-order valence-corrected chi connectivity index (χ0v) is 13.2. The first kappa shape index (κ1) is 15.6. The molecule has 23 heavy (non-hydrogen) atoms. The number of rotatable bonds is 3. The molecule has 6 nitrogen and oxygen atoms in total. The maximum absolute atomic E-state index is 12.6. The van der Waals surface area contributed by atoms with Crippen LogP contribution < -0.4 is 10.1 Å². The fourth-order valence-electron chi connectivity index (χ4n) is 3.61. The van der Waals surface area contributed by atoms with Crippen LogP contribution in [0.3, 0.4) is 0 Å². The lowest BCUT2D eigenvalue weighted by Crippen LogP contribution is -2.45. The molecule has 0 spiro atoms. The van der Waals surface area contributed by atoms with Crippen LogP contribution in [-0.4, -0.2) is 48.2 Å². The molecule has 3 atom stereocenters. The van der Waals surface area contributed by atoms with Gasteiger partial charge < -0.3 is 20.1 Å². The van der Waals surface area contributed by atoms with Gasteiger partial charge in [-0.05, 0) is 25.3 Å². The molecule has 0 radical (unpaired) electrons. The summed E-state index contributed by atoms with van der Waals surface area (Å²) in [5.41, 5.74) is 0.911. The molecule has 2 aliphatic rings. The van der Waals surface area contributed by atoms with Gasteiger partial charge in [-0.3, -0.25) is 4.79 Å². The molecule has 2 aliphatic heterocycles. The van der Waals surface area contributed by atoms with Crippen LogP contribution in [0.15, 0.2) is 18.2 Å². The summed E-state index contributed by atoms with van der Waals surface area (Å²) in [5, 5.41) is 22.3. The van der Waals surface area contributed by atoms with Crippen molar-refractivity contribution in [1.29, 1.82) is 5.26 Å². The summed E-state index contributed by atoms with van der Waals surface area (Å²) in [6, 6.07) is 6.94. The van der Waals surface area contributed by atoms with Crippen molar-refractivity contribution >= 4 is 5.91 Å². The van der Waals surface area contributed by atoms with Crippen molar-refractivity contribution in [3.05, 3.63) is 23.8 Å². The molecule has 3 rings (SSSR count). The number of hydrogen-bond acceptors (Lipinski definition) is 5. The van der Waals surface area contributed by atoms with Crippen LogP contribution in [0, 0.1) is 11.3 Å². The molecule has 1 aromatic rings. The van der Waals surface area contributed by atoms with Gasteiger partial charge in [-0.15, -0.1) is 0 Å². The molecule has 0 saturated carbocycles. The van der Waals surface area contributed by atoms with Crippen molar-refractivity contribution in [2.75, 3.05) is 20.2 Å². The normalized spacial score (nSPS) is 27.0. The molecule has 2 heterocycles. The maximum Gasteiger partial charge on any atom is 0.240 e. The number of aromatic hydroxyl groups is 1. The molecule has 6 heteroatoms. The number of carbonyl (C=O) groups excluding carboxylic acids is 1. The van der Waals surface area contributed by atoms with E-state index in [4.69, 9.17) is 10.00 Å². The molecule has 1 aromatic carbocycles. The van der Waals surface area contributed by atoms with Gasteiger partial charge in [-0.25, -0.2) is 0 Å². The number of benzene rings is 1. The standard InChI is InChI=1S/C17H21N3O3/c1-23-16-13(5-2-6-15(16)21)11-8-14(19-10-11)17(22)20-7-3-4-12(20)9-18/h2,5-6,11-12,14,19,21H,3-4,7-8,10H2,1H3/t11-,12-,14-/m0/s1. The number of para-hydroxylation sites is 1. The second-order valence-corrected chi connectivity index (χ2v) is 6.11. The summed E-state index contributed by atoms with van der Waals surface area (Å²) < 4.78 is 5.30. The molecule has 122 valence electrons. The molecular formula is C17H21N3O3. The second kappa shape index (κ2) is 6.47. The minimum Gasteiger partial charge on any atom is -0.504 e. The fourth-order valence-corrected chi connectivity index (χ4v) is 3.61. The van der Waals surface area contributed by atoms with E-state index in [0.29, 0.717) is 25.3 Å². The van der Waals surface area contributed by atoms with E-state index >= 15 is 0 Å². The quantitative estimate of drug-likeness (QED) is 0.879. The highest BCUT2D eigenvalue weighted by Gasteiger charge is 2.38. The van der Waals surface area contributed by atoms with E-state index in [9.17, 15) is 9.90 Å². The van der Waals surface area contributed by atoms with Crippen LogP contribution in [-0.2, 0) is 4.79 Å². The average molecular weight is 315 g/mol. The Morgan fingerprint density at radius 2 is 2.35 bits per heavy atom. The van der Waals surface area contributed by atoms with Crippen LogP contribution in [0.1, 0.15) is 30.7 Å². The summed E-state index contributed by atoms with van der Waals surface area (Å²) in [6.45, 7) is 1.32. The van der Waals surface area contributed by atoms with Crippen LogP contribution in [0.5, 0.6) is 11.5 Å². The number of hydrogen-bond donors (Lipinski definition) is 2. The number of carbonyl (C=O) groups is 1. The third kappa shape index (κ3) is 2.84. The maximum atomic E-state index is 12.6. The Morgan fingerprint density at radius 1 is 1.52 bits per heavy atom. The smallest absolute Gasteiger partial charge is 0.240 e. The molecule has 0 bridgehead atoms. The number of methoxy groups -OCH3 is 1. The fraction of sp³-hybridized carbons (Fsp3) is 0.529. The zero-order chi connectivity index (χ0) is 16.4. The van der Waals surface area contributed by atoms with Crippen LogP contribution >= 0.6 is 0 Å². The molecule has 2 N–H and O–H groups in total. The first-order valence-electron chi connectivity index (χ1n) is 7.95. The topological polar surface area (TPSA) is 85.6 Å². The lowest BCUT2D eigenvalue weighted by atomic mass is 9.94. The highest BCUT2D eigenvalue weighted by atomic mass is 16.5. The summed E-state index contributed by atoms with van der Waals surface area (Å²) in [6.07, 6.45) is 2.30. The predicted molar refractivity (Wildman–Crippen MR) is 84.2 cm³/mol. The van der Waals surface area contributed by atoms with E-state index in [1.165, 1.54) is 7.11 Å². The van der Waals surface area contributed by atoms with E-state index < -0.39 is 0 Å². The Morgan fingerprint density at radius 3 is 3.09 bits per heavy atom. The Balaban J connectivity index is 1.73. The van der Waals surface area contributed by atoms with Gasteiger partial charge >= 0.3 is 0 Å². The molecule has 0 aromatic heterocycles. The van der Waals surface area contributed by atoms with Gasteiger partial charge in [0, 0.05) is 24.6 Å². The van der Waals surface area contributed by atoms with Crippen molar-refractivity contribution in [2.24, 2.45) is 0 Å². The molecule has 0 aliphatic carbocycles. The molecule has 2 fully saturated rings. The molecule has 0 unspecified atom stereocenters. The molecule has 2 saturated heterocycles. The summed E-state index contributed by atoms with van der Waals surface area (Å²) in [5.74, 6) is 0.706. The van der Waals surface area contributed by atoms with Gasteiger partial charge in [0.1, 0.15) is 6.04 Å². The lowest BCUT2D eigenvalue weighted by molar-refractivity contribution is -0.133. The van der Waals surface area contributed by atoms with E-state index in [-0.39, 0.29) is 29.7 Å². The minimum atomic E-state index is -0.293. The number of phenolic OH excluding ortho intramolecular Hbond substituents is 1. The monoisotopic (exact) mass is 315 g/mol. The highest BCUT2D eigenvalue weighted by molar-refractivity contribution is 5.83. The Kier molecular flexibility index (Phi) is 4.39. The Hall–Kier alpha value is -2.26. The van der Waals surface area contributed by atoms with Crippen LogP contribution in [0.4, 0.5) is 0 Å². The van der Waals surface area contributed by atoms with Gasteiger partial charge in [-0.2, -0.15) is 5.26 Å². The number of nitriles is 1. The van der Waals surface area contributed by atoms with Crippen molar-refractivity contribution in [3.63, 3.8) is 0 Å². The first-order valence-corrected chi connectivity index (χ1v) is 7.95. The van der Waals surface area contributed by atoms with Gasteiger partial charge in [0.25, 0.3) is 0 Å². The number of ether oxygens (including phenoxy) is 1. The minimum absolute atomic E-state index is 0.00988. The Bertz CT molecular complexity index is 640. The Labute approximate surface area is 135 Å². The van der Waals surface area contributed by atoms with E-state index in [1.807, 2.05) is 6.07 Å². The van der Waals surface area contributed by atoms with Crippen LogP contribution in [0.2, 0.25) is 0 Å². The van der Waals surface area contributed by atoms with Crippen molar-refractivity contribution in [3.8, 4) is 17.6 Å². The van der Waals surface area contributed by atoms with Gasteiger partial charge in [0.2, 0.25) is 5.91 Å². The number of phenols is 1. The molecular weight excluding hydrogens is 294 g/mol. The van der Waals surface area contributed by atoms with Gasteiger partial charge in [0.05, 0.1) is 19.2 Å². The van der Waals surface area contributed by atoms with Crippen molar-refractivity contribution in [2.45, 2.75) is 37.3 Å². The third-order valence-electron chi connectivity index (χ3n) is 4.78.